The molecule has 3 aromatic carbocycles. The van der Waals surface area contributed by atoms with Crippen LogP contribution in [-0.4, -0.2) is 41.7 Å². The molecule has 41 heavy (non-hydrogen) atoms. The Labute approximate surface area is 245 Å². The minimum atomic E-state index is -0.337. The first-order chi connectivity index (χ1) is 19.6. The number of rotatable bonds is 11. The van der Waals surface area contributed by atoms with Crippen molar-refractivity contribution in [2.24, 2.45) is 0 Å². The van der Waals surface area contributed by atoms with Crippen LogP contribution in [0.4, 0.5) is 10.5 Å². The normalized spacial score (nSPS) is 14.3. The van der Waals surface area contributed by atoms with Crippen LogP contribution in [0.5, 0.6) is 11.5 Å². The fourth-order valence-corrected chi connectivity index (χ4v) is 5.31. The van der Waals surface area contributed by atoms with Crippen LogP contribution in [0.3, 0.4) is 0 Å². The summed E-state index contributed by atoms with van der Waals surface area (Å²) in [5, 5.41) is 2.59. The van der Waals surface area contributed by atoms with E-state index in [0.717, 1.165) is 45.5 Å². The standard InChI is InChI=1S/C33H36N2O5S/c1-21(2)26-8-6-7-9-28(26)34-31(36)20-40-25-13-11-24(12-14-25)19-30-32(37)35(33(38)41-30)16-17-39-29-18-23(5)10-15-27(29)22(3)4/h6-15,18-19,21-22H,16-17,20H2,1-5H3,(H,34,36)/b30-19-. The molecule has 3 amide bonds. The number of carbonyl (C=O) groups is 3. The zero-order valence-corrected chi connectivity index (χ0v) is 24.9. The van der Waals surface area contributed by atoms with E-state index in [1.54, 1.807) is 30.3 Å². The number of carbonyl (C=O) groups excluding carboxylic acids is 3. The van der Waals surface area contributed by atoms with E-state index in [9.17, 15) is 14.4 Å². The summed E-state index contributed by atoms with van der Waals surface area (Å²) in [6.07, 6.45) is 1.68. The molecule has 0 radical (unpaired) electrons. The molecular formula is C33H36N2O5S. The molecular weight excluding hydrogens is 536 g/mol. The Balaban J connectivity index is 1.30. The van der Waals surface area contributed by atoms with Gasteiger partial charge in [0.25, 0.3) is 17.1 Å². The zero-order chi connectivity index (χ0) is 29.5. The van der Waals surface area contributed by atoms with Crippen molar-refractivity contribution in [3.8, 4) is 11.5 Å². The van der Waals surface area contributed by atoms with Gasteiger partial charge in [0.05, 0.1) is 11.4 Å². The van der Waals surface area contributed by atoms with Crippen molar-refractivity contribution in [2.75, 3.05) is 25.1 Å². The van der Waals surface area contributed by atoms with Crippen molar-refractivity contribution in [3.05, 3.63) is 93.9 Å². The molecule has 0 bridgehead atoms. The summed E-state index contributed by atoms with van der Waals surface area (Å²) in [6, 6.07) is 20.8. The van der Waals surface area contributed by atoms with Gasteiger partial charge in [-0.25, -0.2) is 0 Å². The maximum Gasteiger partial charge on any atom is 0.293 e. The first kappa shape index (κ1) is 29.9. The van der Waals surface area contributed by atoms with Crippen LogP contribution < -0.4 is 14.8 Å². The van der Waals surface area contributed by atoms with Crippen LogP contribution in [0.2, 0.25) is 0 Å². The van der Waals surface area contributed by atoms with Crippen LogP contribution in [0.1, 0.15) is 61.8 Å². The maximum absolute atomic E-state index is 12.9. The third kappa shape index (κ3) is 7.79. The number of anilines is 1. The number of para-hydroxylation sites is 1. The molecule has 0 unspecified atom stereocenters. The highest BCUT2D eigenvalue weighted by Gasteiger charge is 2.34. The summed E-state index contributed by atoms with van der Waals surface area (Å²) in [6.45, 7) is 10.6. The average Bonchev–Trinajstić information content (AvgIpc) is 3.20. The Morgan fingerprint density at radius 2 is 1.63 bits per heavy atom. The van der Waals surface area contributed by atoms with E-state index in [4.69, 9.17) is 9.47 Å². The van der Waals surface area contributed by atoms with Gasteiger partial charge in [-0.1, -0.05) is 70.2 Å². The van der Waals surface area contributed by atoms with Crippen LogP contribution in [0.15, 0.2) is 71.6 Å². The summed E-state index contributed by atoms with van der Waals surface area (Å²) in [5.74, 6) is 1.30. The molecule has 1 aliphatic rings. The van der Waals surface area contributed by atoms with Gasteiger partial charge in [0.2, 0.25) is 0 Å². The fraction of sp³-hybridized carbons (Fsp3) is 0.303. The smallest absolute Gasteiger partial charge is 0.293 e. The molecule has 0 saturated carbocycles. The third-order valence-corrected chi connectivity index (χ3v) is 7.55. The molecule has 7 nitrogen and oxygen atoms in total. The van der Waals surface area contributed by atoms with E-state index in [-0.39, 0.29) is 42.7 Å². The quantitative estimate of drug-likeness (QED) is 0.242. The van der Waals surface area contributed by atoms with Crippen molar-refractivity contribution in [1.29, 1.82) is 0 Å². The Hall–Kier alpha value is -4.04. The number of hydrogen-bond donors (Lipinski definition) is 1. The number of thioether (sulfide) groups is 1. The van der Waals surface area contributed by atoms with E-state index >= 15 is 0 Å². The van der Waals surface area contributed by atoms with Crippen LogP contribution in [0.25, 0.3) is 6.08 Å². The van der Waals surface area contributed by atoms with Crippen LogP contribution >= 0.6 is 11.8 Å². The SMILES string of the molecule is Cc1ccc(C(C)C)c(OCCN2C(=O)S/C(=C\c3ccc(OCC(=O)Nc4ccccc4C(C)C)cc3)C2=O)c1. The second-order valence-corrected chi connectivity index (χ2v) is 11.5. The summed E-state index contributed by atoms with van der Waals surface area (Å²) in [5.41, 5.74) is 4.77. The molecule has 0 spiro atoms. The van der Waals surface area contributed by atoms with Crippen LogP contribution in [-0.2, 0) is 9.59 Å². The maximum atomic E-state index is 12.9. The predicted octanol–water partition coefficient (Wildman–Crippen LogP) is 7.37. The minimum absolute atomic E-state index is 0.131. The molecule has 1 heterocycles. The number of amides is 3. The van der Waals surface area contributed by atoms with E-state index in [0.29, 0.717) is 16.6 Å². The molecule has 3 aromatic rings. The number of imide groups is 1. The van der Waals surface area contributed by atoms with Crippen molar-refractivity contribution >= 4 is 40.6 Å². The van der Waals surface area contributed by atoms with Gasteiger partial charge >= 0.3 is 0 Å². The zero-order valence-electron chi connectivity index (χ0n) is 24.1. The number of nitrogens with zero attached hydrogens (tertiary/aromatic N) is 1. The van der Waals surface area contributed by atoms with Gasteiger partial charge in [-0.15, -0.1) is 0 Å². The summed E-state index contributed by atoms with van der Waals surface area (Å²) >= 11 is 0.914. The average molecular weight is 573 g/mol. The molecule has 1 aliphatic heterocycles. The third-order valence-electron chi connectivity index (χ3n) is 6.64. The first-order valence-electron chi connectivity index (χ1n) is 13.7. The van der Waals surface area contributed by atoms with Crippen molar-refractivity contribution in [2.45, 2.75) is 46.5 Å². The van der Waals surface area contributed by atoms with E-state index in [1.165, 1.54) is 4.90 Å². The van der Waals surface area contributed by atoms with Crippen molar-refractivity contribution in [3.63, 3.8) is 0 Å². The van der Waals surface area contributed by atoms with Crippen molar-refractivity contribution < 1.29 is 23.9 Å². The highest BCUT2D eigenvalue weighted by molar-refractivity contribution is 8.18. The fourth-order valence-electron chi connectivity index (χ4n) is 4.44. The molecule has 214 valence electrons. The van der Waals surface area contributed by atoms with Gasteiger partial charge in [0.1, 0.15) is 18.1 Å². The number of nitrogens with one attached hydrogen (secondary N) is 1. The number of hydrogen-bond acceptors (Lipinski definition) is 6. The number of benzene rings is 3. The molecule has 8 heteroatoms. The largest absolute Gasteiger partial charge is 0.491 e. The number of ether oxygens (including phenoxy) is 2. The highest BCUT2D eigenvalue weighted by Crippen LogP contribution is 2.33. The van der Waals surface area contributed by atoms with Crippen molar-refractivity contribution in [1.82, 2.24) is 4.90 Å². The van der Waals surface area contributed by atoms with Gasteiger partial charge in [-0.05, 0) is 83.1 Å². The Morgan fingerprint density at radius 3 is 2.34 bits per heavy atom. The molecule has 0 aliphatic carbocycles. The minimum Gasteiger partial charge on any atom is -0.491 e. The first-order valence-corrected chi connectivity index (χ1v) is 14.5. The molecule has 0 atom stereocenters. The Bertz CT molecular complexity index is 1450. The summed E-state index contributed by atoms with van der Waals surface area (Å²) in [7, 11) is 0. The lowest BCUT2D eigenvalue weighted by Gasteiger charge is -2.17. The molecule has 4 rings (SSSR count). The van der Waals surface area contributed by atoms with Gasteiger partial charge in [0.15, 0.2) is 6.61 Å². The van der Waals surface area contributed by atoms with E-state index < -0.39 is 0 Å². The number of aryl methyl sites for hydroxylation is 1. The lowest BCUT2D eigenvalue weighted by molar-refractivity contribution is -0.123. The monoisotopic (exact) mass is 572 g/mol. The lowest BCUT2D eigenvalue weighted by Crippen LogP contribution is -2.32. The summed E-state index contributed by atoms with van der Waals surface area (Å²) in [4.78, 5) is 39.5. The molecule has 0 aromatic heterocycles. The molecule has 1 saturated heterocycles. The molecule has 1 N–H and O–H groups in total. The lowest BCUT2D eigenvalue weighted by atomic mass is 10.0. The van der Waals surface area contributed by atoms with Gasteiger partial charge < -0.3 is 14.8 Å². The predicted molar refractivity (Wildman–Crippen MR) is 165 cm³/mol. The topological polar surface area (TPSA) is 84.9 Å². The molecule has 1 fully saturated rings. The second kappa shape index (κ2) is 13.5. The van der Waals surface area contributed by atoms with Gasteiger partial charge in [-0.3, -0.25) is 19.3 Å². The Morgan fingerprint density at radius 1 is 0.927 bits per heavy atom. The second-order valence-electron chi connectivity index (χ2n) is 10.5. The van der Waals surface area contributed by atoms with Crippen LogP contribution in [0, 0.1) is 6.92 Å². The Kier molecular flexibility index (Phi) is 9.89. The van der Waals surface area contributed by atoms with Gasteiger partial charge in [-0.2, -0.15) is 0 Å². The summed E-state index contributed by atoms with van der Waals surface area (Å²) < 4.78 is 11.6. The van der Waals surface area contributed by atoms with E-state index in [1.807, 2.05) is 43.3 Å². The highest BCUT2D eigenvalue weighted by atomic mass is 32.2. The van der Waals surface area contributed by atoms with Gasteiger partial charge in [0, 0.05) is 5.69 Å². The van der Waals surface area contributed by atoms with E-state index in [2.05, 4.69) is 39.1 Å².